The van der Waals surface area contributed by atoms with Crippen LogP contribution in [0.2, 0.25) is 0 Å². The minimum Gasteiger partial charge on any atom is -0.480 e. The van der Waals surface area contributed by atoms with Gasteiger partial charge >= 0.3 is 5.97 Å². The SMILES string of the molecule is CCC1CCC(NC(=O)c2ccccc2C)(C(=O)O)CC1. The largest absolute Gasteiger partial charge is 0.480 e. The number of hydrogen-bond donors (Lipinski definition) is 2. The number of aryl methyl sites for hydroxylation is 1. The van der Waals surface area contributed by atoms with Crippen LogP contribution in [0, 0.1) is 12.8 Å². The van der Waals surface area contributed by atoms with Crippen LogP contribution >= 0.6 is 0 Å². The van der Waals surface area contributed by atoms with Crippen molar-refractivity contribution in [2.24, 2.45) is 5.92 Å². The molecule has 4 heteroatoms. The molecular formula is C17H23NO3. The Morgan fingerprint density at radius 3 is 2.43 bits per heavy atom. The van der Waals surface area contributed by atoms with Gasteiger partial charge in [-0.1, -0.05) is 31.5 Å². The van der Waals surface area contributed by atoms with Gasteiger partial charge < -0.3 is 10.4 Å². The number of rotatable bonds is 4. The molecule has 0 radical (unpaired) electrons. The van der Waals surface area contributed by atoms with Gasteiger partial charge in [0.15, 0.2) is 0 Å². The fourth-order valence-corrected chi connectivity index (χ4v) is 3.08. The lowest BCUT2D eigenvalue weighted by Crippen LogP contribution is -2.56. The third kappa shape index (κ3) is 3.26. The summed E-state index contributed by atoms with van der Waals surface area (Å²) in [6, 6.07) is 7.25. The number of carboxylic acid groups (broad SMARTS) is 1. The first-order valence-corrected chi connectivity index (χ1v) is 7.60. The average Bonchev–Trinajstić information content (AvgIpc) is 2.48. The van der Waals surface area contributed by atoms with Crippen molar-refractivity contribution in [3.8, 4) is 0 Å². The lowest BCUT2D eigenvalue weighted by atomic mass is 9.75. The van der Waals surface area contributed by atoms with Crippen LogP contribution in [0.4, 0.5) is 0 Å². The number of aliphatic carboxylic acids is 1. The van der Waals surface area contributed by atoms with E-state index in [1.54, 1.807) is 12.1 Å². The molecule has 114 valence electrons. The summed E-state index contributed by atoms with van der Waals surface area (Å²) in [5.74, 6) is -0.628. The summed E-state index contributed by atoms with van der Waals surface area (Å²) in [7, 11) is 0. The summed E-state index contributed by atoms with van der Waals surface area (Å²) in [6.07, 6.45) is 3.81. The molecule has 0 unspecified atom stereocenters. The summed E-state index contributed by atoms with van der Waals surface area (Å²) in [5, 5.41) is 12.4. The van der Waals surface area contributed by atoms with Gasteiger partial charge in [0.05, 0.1) is 0 Å². The van der Waals surface area contributed by atoms with Gasteiger partial charge in [-0.3, -0.25) is 4.79 Å². The molecule has 0 heterocycles. The quantitative estimate of drug-likeness (QED) is 0.894. The van der Waals surface area contributed by atoms with E-state index in [4.69, 9.17) is 0 Å². The van der Waals surface area contributed by atoms with E-state index in [0.29, 0.717) is 24.3 Å². The Labute approximate surface area is 125 Å². The van der Waals surface area contributed by atoms with Crippen molar-refractivity contribution >= 4 is 11.9 Å². The van der Waals surface area contributed by atoms with E-state index in [1.807, 2.05) is 19.1 Å². The molecule has 4 nitrogen and oxygen atoms in total. The number of carbonyl (C=O) groups excluding carboxylic acids is 1. The Morgan fingerprint density at radius 1 is 1.29 bits per heavy atom. The molecule has 0 atom stereocenters. The van der Waals surface area contributed by atoms with Gasteiger partial charge in [-0.15, -0.1) is 0 Å². The summed E-state index contributed by atoms with van der Waals surface area (Å²) < 4.78 is 0. The first kappa shape index (κ1) is 15.5. The monoisotopic (exact) mass is 289 g/mol. The minimum absolute atomic E-state index is 0.287. The summed E-state index contributed by atoms with van der Waals surface area (Å²) in [5.41, 5.74) is 0.305. The van der Waals surface area contributed by atoms with Crippen molar-refractivity contribution in [3.63, 3.8) is 0 Å². The van der Waals surface area contributed by atoms with E-state index in [2.05, 4.69) is 12.2 Å². The number of carbonyl (C=O) groups is 2. The topological polar surface area (TPSA) is 66.4 Å². The zero-order valence-corrected chi connectivity index (χ0v) is 12.7. The highest BCUT2D eigenvalue weighted by Crippen LogP contribution is 2.34. The summed E-state index contributed by atoms with van der Waals surface area (Å²) in [4.78, 5) is 24.1. The number of carboxylic acids is 1. The van der Waals surface area contributed by atoms with E-state index in [1.165, 1.54) is 0 Å². The van der Waals surface area contributed by atoms with E-state index < -0.39 is 11.5 Å². The summed E-state index contributed by atoms with van der Waals surface area (Å²) >= 11 is 0. The van der Waals surface area contributed by atoms with E-state index >= 15 is 0 Å². The maximum absolute atomic E-state index is 12.4. The fraction of sp³-hybridized carbons (Fsp3) is 0.529. The molecule has 1 aliphatic carbocycles. The Balaban J connectivity index is 2.16. The molecule has 0 bridgehead atoms. The second-order valence-corrected chi connectivity index (χ2v) is 6.01. The molecular weight excluding hydrogens is 266 g/mol. The number of benzene rings is 1. The number of nitrogens with one attached hydrogen (secondary N) is 1. The van der Waals surface area contributed by atoms with E-state index in [0.717, 1.165) is 24.8 Å². The first-order valence-electron chi connectivity index (χ1n) is 7.60. The van der Waals surface area contributed by atoms with Crippen molar-refractivity contribution in [1.29, 1.82) is 0 Å². The molecule has 1 fully saturated rings. The Kier molecular flexibility index (Phi) is 4.66. The van der Waals surface area contributed by atoms with Crippen LogP contribution in [0.15, 0.2) is 24.3 Å². The number of amides is 1. The highest BCUT2D eigenvalue weighted by molar-refractivity contribution is 5.99. The molecule has 1 aromatic rings. The molecule has 1 amide bonds. The van der Waals surface area contributed by atoms with E-state index in [9.17, 15) is 14.7 Å². The van der Waals surface area contributed by atoms with Crippen molar-refractivity contribution < 1.29 is 14.7 Å². The van der Waals surface area contributed by atoms with Crippen LogP contribution in [0.1, 0.15) is 54.9 Å². The van der Waals surface area contributed by atoms with Gasteiger partial charge in [0, 0.05) is 5.56 Å². The zero-order chi connectivity index (χ0) is 15.5. The van der Waals surface area contributed by atoms with Crippen molar-refractivity contribution in [2.45, 2.75) is 51.5 Å². The van der Waals surface area contributed by atoms with Gasteiger partial charge in [-0.05, 0) is 50.2 Å². The van der Waals surface area contributed by atoms with Gasteiger partial charge in [-0.2, -0.15) is 0 Å². The zero-order valence-electron chi connectivity index (χ0n) is 12.7. The Morgan fingerprint density at radius 2 is 1.90 bits per heavy atom. The maximum Gasteiger partial charge on any atom is 0.329 e. The lowest BCUT2D eigenvalue weighted by molar-refractivity contribution is -0.146. The third-order valence-electron chi connectivity index (χ3n) is 4.69. The van der Waals surface area contributed by atoms with Gasteiger partial charge in [0.1, 0.15) is 5.54 Å². The van der Waals surface area contributed by atoms with Crippen LogP contribution in [0.3, 0.4) is 0 Å². The summed E-state index contributed by atoms with van der Waals surface area (Å²) in [6.45, 7) is 3.99. The first-order chi connectivity index (χ1) is 9.98. The standard InChI is InChI=1S/C17H23NO3/c1-3-13-8-10-17(11-9-13,16(20)21)18-15(19)14-7-5-4-6-12(14)2/h4-7,13H,3,8-11H2,1-2H3,(H,18,19)(H,20,21). The maximum atomic E-state index is 12.4. The molecule has 2 N–H and O–H groups in total. The highest BCUT2D eigenvalue weighted by Gasteiger charge is 2.43. The predicted octanol–water partition coefficient (Wildman–Crippen LogP) is 3.15. The Bertz CT molecular complexity index is 531. The number of hydrogen-bond acceptors (Lipinski definition) is 2. The molecule has 1 aromatic carbocycles. The lowest BCUT2D eigenvalue weighted by Gasteiger charge is -2.37. The molecule has 0 aromatic heterocycles. The van der Waals surface area contributed by atoms with Gasteiger partial charge in [0.2, 0.25) is 0 Å². The van der Waals surface area contributed by atoms with Crippen molar-refractivity contribution in [1.82, 2.24) is 5.32 Å². The normalized spacial score (nSPS) is 25.3. The van der Waals surface area contributed by atoms with Crippen molar-refractivity contribution in [2.75, 3.05) is 0 Å². The Hall–Kier alpha value is -1.84. The molecule has 1 aliphatic rings. The molecule has 21 heavy (non-hydrogen) atoms. The van der Waals surface area contributed by atoms with Crippen LogP contribution in [0.5, 0.6) is 0 Å². The van der Waals surface area contributed by atoms with Crippen LogP contribution in [-0.4, -0.2) is 22.5 Å². The van der Waals surface area contributed by atoms with Crippen molar-refractivity contribution in [3.05, 3.63) is 35.4 Å². The van der Waals surface area contributed by atoms with Gasteiger partial charge in [0.25, 0.3) is 5.91 Å². The minimum atomic E-state index is -1.11. The van der Waals surface area contributed by atoms with Gasteiger partial charge in [-0.25, -0.2) is 4.79 Å². The molecule has 0 aliphatic heterocycles. The van der Waals surface area contributed by atoms with Crippen LogP contribution < -0.4 is 5.32 Å². The second kappa shape index (κ2) is 6.29. The molecule has 2 rings (SSSR count). The highest BCUT2D eigenvalue weighted by atomic mass is 16.4. The molecule has 0 saturated heterocycles. The predicted molar refractivity (Wildman–Crippen MR) is 81.3 cm³/mol. The second-order valence-electron chi connectivity index (χ2n) is 6.01. The fourth-order valence-electron chi connectivity index (χ4n) is 3.08. The van der Waals surface area contributed by atoms with Crippen LogP contribution in [-0.2, 0) is 4.79 Å². The van der Waals surface area contributed by atoms with Crippen LogP contribution in [0.25, 0.3) is 0 Å². The molecule has 0 spiro atoms. The average molecular weight is 289 g/mol. The van der Waals surface area contributed by atoms with E-state index in [-0.39, 0.29) is 5.91 Å². The smallest absolute Gasteiger partial charge is 0.329 e. The third-order valence-corrected chi connectivity index (χ3v) is 4.69. The molecule has 1 saturated carbocycles.